The van der Waals surface area contributed by atoms with Crippen LogP contribution >= 0.6 is 12.2 Å². The number of benzene rings is 2. The Hall–Kier alpha value is -1.87. The lowest BCUT2D eigenvalue weighted by Gasteiger charge is -2.31. The highest BCUT2D eigenvalue weighted by molar-refractivity contribution is 7.80. The zero-order chi connectivity index (χ0) is 15.4. The summed E-state index contributed by atoms with van der Waals surface area (Å²) >= 11 is 5.21. The molecule has 0 atom stereocenters. The Bertz CT molecular complexity index is 620. The molecule has 0 unspecified atom stereocenters. The Balaban J connectivity index is 2.43. The normalized spacial score (nSPS) is 10.7. The maximum absolute atomic E-state index is 5.90. The van der Waals surface area contributed by atoms with E-state index in [0.29, 0.717) is 11.0 Å². The first kappa shape index (κ1) is 15.5. The zero-order valence-corrected chi connectivity index (χ0v) is 13.7. The van der Waals surface area contributed by atoms with Crippen molar-refractivity contribution in [3.8, 4) is 0 Å². The fourth-order valence-electron chi connectivity index (χ4n) is 2.41. The summed E-state index contributed by atoms with van der Waals surface area (Å²) in [7, 11) is 0. The van der Waals surface area contributed by atoms with Gasteiger partial charge in [0.2, 0.25) is 0 Å². The van der Waals surface area contributed by atoms with Gasteiger partial charge in [-0.15, -0.1) is 0 Å². The van der Waals surface area contributed by atoms with Crippen molar-refractivity contribution in [1.82, 2.24) is 0 Å². The summed E-state index contributed by atoms with van der Waals surface area (Å²) in [4.78, 5) is 2.79. The Kier molecular flexibility index (Phi) is 4.97. The second-order valence-electron chi connectivity index (χ2n) is 5.59. The van der Waals surface area contributed by atoms with E-state index in [0.717, 1.165) is 17.8 Å². The van der Waals surface area contributed by atoms with E-state index < -0.39 is 0 Å². The highest BCUT2D eigenvalue weighted by Crippen LogP contribution is 2.26. The minimum Gasteiger partial charge on any atom is -0.389 e. The lowest BCUT2D eigenvalue weighted by molar-refractivity contribution is 0.682. The van der Waals surface area contributed by atoms with E-state index in [1.165, 1.54) is 11.1 Å². The smallest absolute Gasteiger partial charge is 0.106 e. The van der Waals surface area contributed by atoms with Crippen LogP contribution in [0.3, 0.4) is 0 Å². The molecule has 0 bridgehead atoms. The standard InChI is InChI=1S/C18H22N2S/c1-13(2)20(12-15-7-5-4-6-8-15)17-11-14(3)9-10-16(17)18(19)21/h4-11,13H,12H2,1-3H3,(H2,19,21). The molecule has 3 heteroatoms. The Morgan fingerprint density at radius 2 is 1.81 bits per heavy atom. The van der Waals surface area contributed by atoms with Crippen molar-refractivity contribution in [3.05, 3.63) is 65.2 Å². The molecular formula is C18H22N2S. The third kappa shape index (κ3) is 3.82. The van der Waals surface area contributed by atoms with E-state index in [9.17, 15) is 0 Å². The van der Waals surface area contributed by atoms with Crippen LogP contribution in [0.15, 0.2) is 48.5 Å². The molecular weight excluding hydrogens is 276 g/mol. The molecule has 21 heavy (non-hydrogen) atoms. The van der Waals surface area contributed by atoms with Crippen molar-refractivity contribution in [2.24, 2.45) is 5.73 Å². The predicted octanol–water partition coefficient (Wildman–Crippen LogP) is 4.04. The summed E-state index contributed by atoms with van der Waals surface area (Å²) in [5.41, 5.74) is 10.4. The first-order valence-corrected chi connectivity index (χ1v) is 7.61. The van der Waals surface area contributed by atoms with Gasteiger partial charge in [-0.3, -0.25) is 0 Å². The Morgan fingerprint density at radius 3 is 2.38 bits per heavy atom. The van der Waals surface area contributed by atoms with Crippen LogP contribution < -0.4 is 10.6 Å². The summed E-state index contributed by atoms with van der Waals surface area (Å²) in [6.45, 7) is 7.31. The topological polar surface area (TPSA) is 29.3 Å². The van der Waals surface area contributed by atoms with Crippen molar-refractivity contribution in [2.45, 2.75) is 33.4 Å². The average molecular weight is 298 g/mol. The number of thiocarbonyl (C=S) groups is 1. The second-order valence-corrected chi connectivity index (χ2v) is 6.03. The van der Waals surface area contributed by atoms with Crippen LogP contribution in [0.25, 0.3) is 0 Å². The molecule has 0 amide bonds. The van der Waals surface area contributed by atoms with Gasteiger partial charge in [-0.05, 0) is 44.0 Å². The summed E-state index contributed by atoms with van der Waals surface area (Å²) in [5.74, 6) is 0. The maximum atomic E-state index is 5.90. The quantitative estimate of drug-likeness (QED) is 0.845. The number of nitrogens with zero attached hydrogens (tertiary/aromatic N) is 1. The van der Waals surface area contributed by atoms with Crippen molar-refractivity contribution >= 4 is 22.9 Å². The van der Waals surface area contributed by atoms with Crippen LogP contribution in [-0.4, -0.2) is 11.0 Å². The fraction of sp³-hybridized carbons (Fsp3) is 0.278. The summed E-state index contributed by atoms with van der Waals surface area (Å²) in [6.07, 6.45) is 0. The van der Waals surface area contributed by atoms with Crippen LogP contribution in [0.5, 0.6) is 0 Å². The molecule has 2 aromatic rings. The molecule has 0 radical (unpaired) electrons. The van der Waals surface area contributed by atoms with Gasteiger partial charge < -0.3 is 10.6 Å². The number of hydrogen-bond donors (Lipinski definition) is 1. The summed E-state index contributed by atoms with van der Waals surface area (Å²) in [5, 5.41) is 0. The largest absolute Gasteiger partial charge is 0.389 e. The van der Waals surface area contributed by atoms with Gasteiger partial charge in [0.25, 0.3) is 0 Å². The highest BCUT2D eigenvalue weighted by atomic mass is 32.1. The molecule has 0 heterocycles. The van der Waals surface area contributed by atoms with E-state index in [4.69, 9.17) is 18.0 Å². The molecule has 0 aliphatic rings. The summed E-state index contributed by atoms with van der Waals surface area (Å²) < 4.78 is 0. The molecule has 2 nitrogen and oxygen atoms in total. The van der Waals surface area contributed by atoms with Gasteiger partial charge in [0.05, 0.1) is 0 Å². The average Bonchev–Trinajstić information content (AvgIpc) is 2.45. The molecule has 110 valence electrons. The first-order valence-electron chi connectivity index (χ1n) is 7.20. The number of hydrogen-bond acceptors (Lipinski definition) is 2. The molecule has 2 aromatic carbocycles. The van der Waals surface area contributed by atoms with Gasteiger partial charge in [-0.1, -0.05) is 48.6 Å². The van der Waals surface area contributed by atoms with Gasteiger partial charge in [0.15, 0.2) is 0 Å². The molecule has 0 aromatic heterocycles. The number of rotatable bonds is 5. The zero-order valence-electron chi connectivity index (χ0n) is 12.8. The number of anilines is 1. The van der Waals surface area contributed by atoms with Crippen molar-refractivity contribution in [1.29, 1.82) is 0 Å². The van der Waals surface area contributed by atoms with E-state index in [1.807, 2.05) is 12.1 Å². The van der Waals surface area contributed by atoms with E-state index in [-0.39, 0.29) is 0 Å². The van der Waals surface area contributed by atoms with Crippen molar-refractivity contribution in [3.63, 3.8) is 0 Å². The van der Waals surface area contributed by atoms with Gasteiger partial charge in [0.1, 0.15) is 4.99 Å². The molecule has 0 saturated heterocycles. The van der Waals surface area contributed by atoms with Gasteiger partial charge in [-0.2, -0.15) is 0 Å². The maximum Gasteiger partial charge on any atom is 0.106 e. The Morgan fingerprint density at radius 1 is 1.14 bits per heavy atom. The van der Waals surface area contributed by atoms with Crippen LogP contribution in [0.1, 0.15) is 30.5 Å². The van der Waals surface area contributed by atoms with Crippen LogP contribution in [-0.2, 0) is 6.54 Å². The fourth-order valence-corrected chi connectivity index (χ4v) is 2.59. The van der Waals surface area contributed by atoms with Gasteiger partial charge in [0, 0.05) is 23.8 Å². The van der Waals surface area contributed by atoms with Crippen LogP contribution in [0.2, 0.25) is 0 Å². The van der Waals surface area contributed by atoms with Crippen molar-refractivity contribution < 1.29 is 0 Å². The lowest BCUT2D eigenvalue weighted by Crippen LogP contribution is -2.32. The van der Waals surface area contributed by atoms with E-state index in [2.05, 4.69) is 62.1 Å². The van der Waals surface area contributed by atoms with Gasteiger partial charge >= 0.3 is 0 Å². The van der Waals surface area contributed by atoms with E-state index in [1.54, 1.807) is 0 Å². The first-order chi connectivity index (χ1) is 9.99. The molecule has 0 spiro atoms. The summed E-state index contributed by atoms with van der Waals surface area (Å²) in [6, 6.07) is 17.1. The van der Waals surface area contributed by atoms with Crippen molar-refractivity contribution in [2.75, 3.05) is 4.90 Å². The predicted molar refractivity (Wildman–Crippen MR) is 94.8 cm³/mol. The molecule has 0 aliphatic heterocycles. The minimum absolute atomic E-state index is 0.361. The highest BCUT2D eigenvalue weighted by Gasteiger charge is 2.16. The SMILES string of the molecule is Cc1ccc(C(N)=S)c(N(Cc2ccccc2)C(C)C)c1. The lowest BCUT2D eigenvalue weighted by atomic mass is 10.1. The third-order valence-corrected chi connectivity index (χ3v) is 3.77. The van der Waals surface area contributed by atoms with Crippen LogP contribution in [0.4, 0.5) is 5.69 Å². The molecule has 2 rings (SSSR count). The minimum atomic E-state index is 0.361. The Labute approximate surface area is 132 Å². The third-order valence-electron chi connectivity index (χ3n) is 3.55. The molecule has 0 fully saturated rings. The molecule has 0 aliphatic carbocycles. The van der Waals surface area contributed by atoms with E-state index >= 15 is 0 Å². The van der Waals surface area contributed by atoms with Gasteiger partial charge in [-0.25, -0.2) is 0 Å². The number of nitrogens with two attached hydrogens (primary N) is 1. The van der Waals surface area contributed by atoms with Crippen LogP contribution in [0, 0.1) is 6.92 Å². The second kappa shape index (κ2) is 6.72. The monoisotopic (exact) mass is 298 g/mol. The number of aryl methyl sites for hydroxylation is 1. The molecule has 0 saturated carbocycles. The molecule has 2 N–H and O–H groups in total.